The summed E-state index contributed by atoms with van der Waals surface area (Å²) in [6.45, 7) is 3.87. The summed E-state index contributed by atoms with van der Waals surface area (Å²) in [5, 5.41) is 9.26. The summed E-state index contributed by atoms with van der Waals surface area (Å²) in [6.07, 6.45) is 0. The van der Waals surface area contributed by atoms with Gasteiger partial charge in [0.2, 0.25) is 0 Å². The summed E-state index contributed by atoms with van der Waals surface area (Å²) >= 11 is 7.59. The van der Waals surface area contributed by atoms with Gasteiger partial charge in [0.05, 0.1) is 19.9 Å². The highest BCUT2D eigenvalue weighted by Crippen LogP contribution is 2.29. The van der Waals surface area contributed by atoms with Crippen molar-refractivity contribution in [3.63, 3.8) is 0 Å². The number of nitrogens with zero attached hydrogens (tertiary/aromatic N) is 3. The molecule has 0 aliphatic carbocycles. The maximum absolute atomic E-state index is 11.9. The Morgan fingerprint density at radius 1 is 1.13 bits per heavy atom. The van der Waals surface area contributed by atoms with E-state index in [1.165, 1.54) is 18.9 Å². The third kappa shape index (κ3) is 5.06. The van der Waals surface area contributed by atoms with Gasteiger partial charge in [-0.05, 0) is 55.8 Å². The number of ether oxygens (including phenoxy) is 3. The molecule has 0 aliphatic heterocycles. The van der Waals surface area contributed by atoms with E-state index < -0.39 is 5.25 Å². The van der Waals surface area contributed by atoms with Gasteiger partial charge in [-0.2, -0.15) is 0 Å². The molecule has 0 bridgehead atoms. The second-order valence-corrected chi connectivity index (χ2v) is 8.13. The number of hydrogen-bond donors (Lipinski definition) is 0. The average Bonchev–Trinajstić information content (AvgIpc) is 3.16. The van der Waals surface area contributed by atoms with Crippen LogP contribution in [0, 0.1) is 6.92 Å². The van der Waals surface area contributed by atoms with Crippen LogP contribution in [0.5, 0.6) is 11.5 Å². The van der Waals surface area contributed by atoms with Crippen molar-refractivity contribution in [1.82, 2.24) is 14.8 Å². The number of aromatic nitrogens is 3. The zero-order valence-corrected chi connectivity index (χ0v) is 18.7. The molecule has 0 N–H and O–H groups in total. The standard InChI is InChI=1S/C21H22ClN3O4S/c1-13-5-6-15(11-18(13)22)25-19(12-29-17-9-7-16(27-3)8-10-17)23-24-21(25)30-14(2)20(26)28-4/h5-11,14H,12H2,1-4H3. The van der Waals surface area contributed by atoms with E-state index in [1.54, 1.807) is 14.0 Å². The van der Waals surface area contributed by atoms with Gasteiger partial charge < -0.3 is 14.2 Å². The smallest absolute Gasteiger partial charge is 0.318 e. The summed E-state index contributed by atoms with van der Waals surface area (Å²) in [5.74, 6) is 1.65. The summed E-state index contributed by atoms with van der Waals surface area (Å²) in [4.78, 5) is 11.9. The van der Waals surface area contributed by atoms with Crippen LogP contribution in [0.1, 0.15) is 18.3 Å². The molecule has 1 unspecified atom stereocenters. The zero-order valence-electron chi connectivity index (χ0n) is 17.1. The zero-order chi connectivity index (χ0) is 21.7. The van der Waals surface area contributed by atoms with Crippen LogP contribution in [0.15, 0.2) is 47.6 Å². The Labute approximate surface area is 184 Å². The van der Waals surface area contributed by atoms with E-state index in [4.69, 9.17) is 25.8 Å². The number of aryl methyl sites for hydroxylation is 1. The number of hydrogen-bond acceptors (Lipinski definition) is 7. The van der Waals surface area contributed by atoms with Crippen molar-refractivity contribution < 1.29 is 19.0 Å². The van der Waals surface area contributed by atoms with E-state index in [1.807, 2.05) is 54.0 Å². The van der Waals surface area contributed by atoms with E-state index in [0.717, 1.165) is 17.0 Å². The molecule has 1 heterocycles. The number of esters is 1. The second kappa shape index (κ2) is 9.86. The van der Waals surface area contributed by atoms with Gasteiger partial charge in [0.15, 0.2) is 11.0 Å². The Bertz CT molecular complexity index is 1020. The van der Waals surface area contributed by atoms with Crippen LogP contribution in [0.3, 0.4) is 0 Å². The van der Waals surface area contributed by atoms with E-state index in [9.17, 15) is 4.79 Å². The van der Waals surface area contributed by atoms with Crippen molar-refractivity contribution in [2.45, 2.75) is 30.9 Å². The third-order valence-corrected chi connectivity index (χ3v) is 5.78. The van der Waals surface area contributed by atoms with Crippen LogP contribution in [-0.2, 0) is 16.1 Å². The van der Waals surface area contributed by atoms with Crippen LogP contribution in [0.25, 0.3) is 5.69 Å². The number of benzene rings is 2. The maximum atomic E-state index is 11.9. The van der Waals surface area contributed by atoms with E-state index in [-0.39, 0.29) is 12.6 Å². The van der Waals surface area contributed by atoms with Crippen LogP contribution < -0.4 is 9.47 Å². The van der Waals surface area contributed by atoms with Crippen LogP contribution in [-0.4, -0.2) is 40.2 Å². The SMILES string of the molecule is COC(=O)C(C)Sc1nnc(COc2ccc(OC)cc2)n1-c1ccc(C)c(Cl)c1. The lowest BCUT2D eigenvalue weighted by molar-refractivity contribution is -0.139. The lowest BCUT2D eigenvalue weighted by Crippen LogP contribution is -2.16. The third-order valence-electron chi connectivity index (χ3n) is 4.36. The molecule has 0 spiro atoms. The first-order valence-electron chi connectivity index (χ1n) is 9.15. The topological polar surface area (TPSA) is 75.5 Å². The van der Waals surface area contributed by atoms with Crippen LogP contribution >= 0.6 is 23.4 Å². The Morgan fingerprint density at radius 2 is 1.83 bits per heavy atom. The van der Waals surface area contributed by atoms with Gasteiger partial charge in [-0.25, -0.2) is 0 Å². The predicted molar refractivity (Wildman–Crippen MR) is 116 cm³/mol. The maximum Gasteiger partial charge on any atom is 0.318 e. The quantitative estimate of drug-likeness (QED) is 0.372. The minimum absolute atomic E-state index is 0.179. The van der Waals surface area contributed by atoms with Gasteiger partial charge in [0, 0.05) is 5.02 Å². The van der Waals surface area contributed by atoms with E-state index in [2.05, 4.69) is 10.2 Å². The molecule has 3 aromatic rings. The molecular formula is C21H22ClN3O4S. The fraction of sp³-hybridized carbons (Fsp3) is 0.286. The average molecular weight is 448 g/mol. The fourth-order valence-corrected chi connectivity index (χ4v) is 3.73. The van der Waals surface area contributed by atoms with Crippen molar-refractivity contribution in [2.24, 2.45) is 0 Å². The first kappa shape index (κ1) is 22.0. The number of halogens is 1. The van der Waals surface area contributed by atoms with Gasteiger partial charge in [-0.3, -0.25) is 9.36 Å². The molecule has 9 heteroatoms. The van der Waals surface area contributed by atoms with Gasteiger partial charge >= 0.3 is 5.97 Å². The largest absolute Gasteiger partial charge is 0.497 e. The lowest BCUT2D eigenvalue weighted by Gasteiger charge is -2.14. The molecule has 7 nitrogen and oxygen atoms in total. The second-order valence-electron chi connectivity index (χ2n) is 6.42. The highest BCUT2D eigenvalue weighted by molar-refractivity contribution is 8.00. The summed E-state index contributed by atoms with van der Waals surface area (Å²) < 4.78 is 17.7. The minimum Gasteiger partial charge on any atom is -0.497 e. The minimum atomic E-state index is -0.450. The Balaban J connectivity index is 1.91. The molecule has 158 valence electrons. The van der Waals surface area contributed by atoms with Crippen molar-refractivity contribution in [3.8, 4) is 17.2 Å². The highest BCUT2D eigenvalue weighted by atomic mass is 35.5. The Hall–Kier alpha value is -2.71. The molecule has 0 saturated heterocycles. The number of carbonyl (C=O) groups is 1. The normalized spacial score (nSPS) is 11.8. The molecule has 30 heavy (non-hydrogen) atoms. The molecule has 1 aromatic heterocycles. The first-order chi connectivity index (χ1) is 14.4. The molecule has 0 amide bonds. The fourth-order valence-electron chi connectivity index (χ4n) is 2.64. The van der Waals surface area contributed by atoms with Gasteiger partial charge in [0.25, 0.3) is 0 Å². The van der Waals surface area contributed by atoms with Crippen molar-refractivity contribution >= 4 is 29.3 Å². The molecule has 0 radical (unpaired) electrons. The van der Waals surface area contributed by atoms with Crippen molar-refractivity contribution in [1.29, 1.82) is 0 Å². The molecule has 0 saturated carbocycles. The molecule has 3 rings (SSSR count). The number of rotatable bonds is 8. The number of carbonyl (C=O) groups excluding carboxylic acids is 1. The Morgan fingerprint density at radius 3 is 2.47 bits per heavy atom. The van der Waals surface area contributed by atoms with Crippen molar-refractivity contribution in [2.75, 3.05) is 14.2 Å². The molecule has 0 aliphatic rings. The summed E-state index contributed by atoms with van der Waals surface area (Å²) in [7, 11) is 2.97. The monoisotopic (exact) mass is 447 g/mol. The number of thioether (sulfide) groups is 1. The van der Waals surface area contributed by atoms with Crippen molar-refractivity contribution in [3.05, 3.63) is 58.9 Å². The molecule has 0 fully saturated rings. The molecular weight excluding hydrogens is 426 g/mol. The van der Waals surface area contributed by atoms with E-state index in [0.29, 0.717) is 21.8 Å². The molecule has 2 aromatic carbocycles. The summed E-state index contributed by atoms with van der Waals surface area (Å²) in [6, 6.07) is 13.0. The Kier molecular flexibility index (Phi) is 7.23. The van der Waals surface area contributed by atoms with Gasteiger partial charge in [-0.15, -0.1) is 10.2 Å². The van der Waals surface area contributed by atoms with Gasteiger partial charge in [0.1, 0.15) is 23.4 Å². The molecule has 1 atom stereocenters. The van der Waals surface area contributed by atoms with Crippen LogP contribution in [0.2, 0.25) is 5.02 Å². The highest BCUT2D eigenvalue weighted by Gasteiger charge is 2.22. The van der Waals surface area contributed by atoms with Gasteiger partial charge in [-0.1, -0.05) is 29.4 Å². The predicted octanol–water partition coefficient (Wildman–Crippen LogP) is 4.47. The van der Waals surface area contributed by atoms with Crippen LogP contribution in [0.4, 0.5) is 0 Å². The number of methoxy groups -OCH3 is 2. The summed E-state index contributed by atoms with van der Waals surface area (Å²) in [5.41, 5.74) is 1.74. The van der Waals surface area contributed by atoms with E-state index >= 15 is 0 Å². The lowest BCUT2D eigenvalue weighted by atomic mass is 10.2. The first-order valence-corrected chi connectivity index (χ1v) is 10.4.